The summed E-state index contributed by atoms with van der Waals surface area (Å²) in [4.78, 5) is 8.68. The predicted molar refractivity (Wildman–Crippen MR) is 81.5 cm³/mol. The molecule has 2 rings (SSSR count). The van der Waals surface area contributed by atoms with Gasteiger partial charge in [-0.3, -0.25) is 0 Å². The van der Waals surface area contributed by atoms with Crippen LogP contribution in [0.1, 0.15) is 6.92 Å². The molecular weight excluding hydrogens is 270 g/mol. The van der Waals surface area contributed by atoms with Crippen molar-refractivity contribution < 1.29 is 10.2 Å². The van der Waals surface area contributed by atoms with Crippen LogP contribution in [0.15, 0.2) is 36.4 Å². The summed E-state index contributed by atoms with van der Waals surface area (Å²) in [6.45, 7) is 1.21. The van der Waals surface area contributed by atoms with Gasteiger partial charge in [-0.15, -0.1) is 0 Å². The maximum Gasteiger partial charge on any atom is 0.163 e. The first kappa shape index (κ1) is 15.2. The van der Waals surface area contributed by atoms with Crippen molar-refractivity contribution in [3.05, 3.63) is 36.4 Å². The Balaban J connectivity index is 2.39. The van der Waals surface area contributed by atoms with Gasteiger partial charge in [-0.25, -0.2) is 15.8 Å². The van der Waals surface area contributed by atoms with Crippen LogP contribution >= 0.6 is 0 Å². The van der Waals surface area contributed by atoms with Crippen molar-refractivity contribution in [1.29, 1.82) is 0 Å². The first-order valence-corrected chi connectivity index (χ1v) is 6.51. The predicted octanol–water partition coefficient (Wildman–Crippen LogP) is 0.584. The first-order chi connectivity index (χ1) is 10.1. The van der Waals surface area contributed by atoms with Crippen LogP contribution in [0, 0.1) is 0 Å². The van der Waals surface area contributed by atoms with Crippen molar-refractivity contribution in [2.24, 2.45) is 5.84 Å². The number of anilines is 2. The molecule has 7 nitrogen and oxygen atoms in total. The molecule has 1 heterocycles. The van der Waals surface area contributed by atoms with E-state index < -0.39 is 5.54 Å². The van der Waals surface area contributed by atoms with E-state index in [1.807, 2.05) is 30.3 Å². The van der Waals surface area contributed by atoms with Gasteiger partial charge in [0.2, 0.25) is 0 Å². The van der Waals surface area contributed by atoms with Crippen molar-refractivity contribution in [2.45, 2.75) is 12.5 Å². The van der Waals surface area contributed by atoms with E-state index in [0.717, 1.165) is 5.56 Å². The number of hydrazine groups is 1. The molecule has 0 radical (unpaired) electrons. The molecule has 0 spiro atoms. The zero-order valence-electron chi connectivity index (χ0n) is 11.7. The zero-order chi connectivity index (χ0) is 15.3. The molecule has 0 aliphatic heterocycles. The molecule has 2 aromatic rings. The highest BCUT2D eigenvalue weighted by molar-refractivity contribution is 5.61. The molecule has 0 saturated heterocycles. The van der Waals surface area contributed by atoms with Crippen LogP contribution in [0.5, 0.6) is 0 Å². The average molecular weight is 289 g/mol. The molecule has 21 heavy (non-hydrogen) atoms. The Bertz CT molecular complexity index is 587. The Morgan fingerprint density at radius 1 is 1.10 bits per heavy atom. The maximum atomic E-state index is 9.35. The van der Waals surface area contributed by atoms with Crippen molar-refractivity contribution in [3.8, 4) is 11.4 Å². The number of nitrogens with one attached hydrogen (secondary N) is 2. The second-order valence-corrected chi connectivity index (χ2v) is 4.97. The molecule has 1 aromatic heterocycles. The number of aliphatic hydroxyl groups excluding tert-OH is 2. The molecule has 0 aliphatic rings. The number of nitrogen functional groups attached to an aromatic ring is 1. The molecule has 0 aliphatic carbocycles. The third-order valence-corrected chi connectivity index (χ3v) is 3.03. The number of nitrogens with two attached hydrogens (primary N) is 1. The normalized spacial score (nSPS) is 11.2. The highest BCUT2D eigenvalue weighted by Crippen LogP contribution is 2.21. The lowest BCUT2D eigenvalue weighted by Gasteiger charge is -2.27. The number of benzene rings is 1. The smallest absolute Gasteiger partial charge is 0.163 e. The number of hydrogen-bond donors (Lipinski definition) is 5. The van der Waals surface area contributed by atoms with Crippen molar-refractivity contribution in [3.63, 3.8) is 0 Å². The standard InChI is InChI=1S/C14H19N5O2/c1-14(8-20,9-21)18-11-7-12(19-15)17-13(16-11)10-5-3-2-4-6-10/h2-7,20-21H,8-9,15H2,1H3,(H2,16,17,18,19). The summed E-state index contributed by atoms with van der Waals surface area (Å²) < 4.78 is 0. The Kier molecular flexibility index (Phi) is 4.69. The fourth-order valence-corrected chi connectivity index (χ4v) is 1.74. The minimum absolute atomic E-state index is 0.237. The summed E-state index contributed by atoms with van der Waals surface area (Å²) in [5.74, 6) is 6.82. The monoisotopic (exact) mass is 289 g/mol. The van der Waals surface area contributed by atoms with Crippen LogP contribution < -0.4 is 16.6 Å². The van der Waals surface area contributed by atoms with E-state index in [1.165, 1.54) is 0 Å². The molecule has 6 N–H and O–H groups in total. The number of aliphatic hydroxyl groups is 2. The van der Waals surface area contributed by atoms with Crippen LogP contribution in [0.2, 0.25) is 0 Å². The van der Waals surface area contributed by atoms with E-state index >= 15 is 0 Å². The van der Waals surface area contributed by atoms with Crippen LogP contribution in [-0.2, 0) is 0 Å². The minimum Gasteiger partial charge on any atom is -0.394 e. The van der Waals surface area contributed by atoms with Gasteiger partial charge in [0.25, 0.3) is 0 Å². The number of nitrogens with zero attached hydrogens (tertiary/aromatic N) is 2. The third-order valence-electron chi connectivity index (χ3n) is 3.03. The Hall–Kier alpha value is -2.22. The summed E-state index contributed by atoms with van der Waals surface area (Å²) in [7, 11) is 0. The summed E-state index contributed by atoms with van der Waals surface area (Å²) in [5, 5.41) is 21.7. The SMILES string of the molecule is CC(CO)(CO)Nc1cc(NN)nc(-c2ccccc2)n1. The highest BCUT2D eigenvalue weighted by atomic mass is 16.3. The lowest BCUT2D eigenvalue weighted by atomic mass is 10.1. The highest BCUT2D eigenvalue weighted by Gasteiger charge is 2.23. The van der Waals surface area contributed by atoms with Gasteiger partial charge in [0, 0.05) is 11.6 Å². The molecule has 112 valence electrons. The van der Waals surface area contributed by atoms with Crippen molar-refractivity contribution >= 4 is 11.6 Å². The molecule has 7 heteroatoms. The Labute approximate surface area is 122 Å². The molecule has 0 saturated carbocycles. The van der Waals surface area contributed by atoms with Gasteiger partial charge in [-0.2, -0.15) is 0 Å². The Morgan fingerprint density at radius 3 is 2.29 bits per heavy atom. The molecule has 0 bridgehead atoms. The van der Waals surface area contributed by atoms with E-state index in [9.17, 15) is 10.2 Å². The number of rotatable bonds is 6. The van der Waals surface area contributed by atoms with E-state index in [4.69, 9.17) is 5.84 Å². The van der Waals surface area contributed by atoms with Crippen LogP contribution in [0.3, 0.4) is 0 Å². The summed E-state index contributed by atoms with van der Waals surface area (Å²) in [6, 6.07) is 11.1. The number of aromatic nitrogens is 2. The van der Waals surface area contributed by atoms with Crippen molar-refractivity contribution in [1.82, 2.24) is 9.97 Å². The lowest BCUT2D eigenvalue weighted by molar-refractivity contribution is 0.147. The second-order valence-electron chi connectivity index (χ2n) is 4.97. The lowest BCUT2D eigenvalue weighted by Crippen LogP contribution is -2.42. The zero-order valence-corrected chi connectivity index (χ0v) is 11.7. The van der Waals surface area contributed by atoms with Gasteiger partial charge in [0.1, 0.15) is 11.6 Å². The van der Waals surface area contributed by atoms with E-state index in [0.29, 0.717) is 17.5 Å². The topological polar surface area (TPSA) is 116 Å². The molecular formula is C14H19N5O2. The van der Waals surface area contributed by atoms with E-state index in [2.05, 4.69) is 20.7 Å². The van der Waals surface area contributed by atoms with Gasteiger partial charge in [0.15, 0.2) is 5.82 Å². The summed E-state index contributed by atoms with van der Waals surface area (Å²) in [6.07, 6.45) is 0. The molecule has 0 fully saturated rings. The van der Waals surface area contributed by atoms with Crippen LogP contribution in [0.4, 0.5) is 11.6 Å². The first-order valence-electron chi connectivity index (χ1n) is 6.51. The second kappa shape index (κ2) is 6.49. The van der Waals surface area contributed by atoms with Gasteiger partial charge in [0.05, 0.1) is 18.8 Å². The largest absolute Gasteiger partial charge is 0.394 e. The third kappa shape index (κ3) is 3.66. The van der Waals surface area contributed by atoms with E-state index in [-0.39, 0.29) is 13.2 Å². The summed E-state index contributed by atoms with van der Waals surface area (Å²) >= 11 is 0. The van der Waals surface area contributed by atoms with Gasteiger partial charge >= 0.3 is 0 Å². The quantitative estimate of drug-likeness (QED) is 0.390. The fourth-order valence-electron chi connectivity index (χ4n) is 1.74. The molecule has 0 atom stereocenters. The van der Waals surface area contributed by atoms with Crippen molar-refractivity contribution in [2.75, 3.05) is 24.0 Å². The van der Waals surface area contributed by atoms with Crippen LogP contribution in [0.25, 0.3) is 11.4 Å². The maximum absolute atomic E-state index is 9.35. The number of hydrogen-bond acceptors (Lipinski definition) is 7. The Morgan fingerprint density at radius 2 is 1.71 bits per heavy atom. The van der Waals surface area contributed by atoms with Gasteiger partial charge in [-0.05, 0) is 6.92 Å². The molecule has 0 amide bonds. The van der Waals surface area contributed by atoms with Gasteiger partial charge < -0.3 is 21.0 Å². The van der Waals surface area contributed by atoms with Crippen LogP contribution in [-0.4, -0.2) is 38.9 Å². The minimum atomic E-state index is -0.881. The average Bonchev–Trinajstić information content (AvgIpc) is 2.55. The van der Waals surface area contributed by atoms with E-state index in [1.54, 1.807) is 13.0 Å². The van der Waals surface area contributed by atoms with Gasteiger partial charge in [-0.1, -0.05) is 30.3 Å². The molecule has 0 unspecified atom stereocenters. The molecule has 1 aromatic carbocycles. The summed E-state index contributed by atoms with van der Waals surface area (Å²) in [5.41, 5.74) is 2.44. The fraction of sp³-hybridized carbons (Fsp3) is 0.286.